The Labute approximate surface area is 188 Å². The van der Waals surface area contributed by atoms with Crippen LogP contribution in [0.25, 0.3) is 21.8 Å². The summed E-state index contributed by atoms with van der Waals surface area (Å²) in [5, 5.41) is 1.19. The number of carbonyl (C=O) groups is 1. The van der Waals surface area contributed by atoms with Crippen LogP contribution in [-0.4, -0.2) is 10.5 Å². The van der Waals surface area contributed by atoms with E-state index in [4.69, 9.17) is 5.73 Å². The van der Waals surface area contributed by atoms with Crippen molar-refractivity contribution in [1.82, 2.24) is 4.57 Å². The third-order valence-corrected chi connectivity index (χ3v) is 5.89. The van der Waals surface area contributed by atoms with Gasteiger partial charge in [-0.2, -0.15) is 13.2 Å². The number of benzene rings is 3. The molecule has 0 aliphatic heterocycles. The Morgan fingerprint density at radius 3 is 2.58 bits per heavy atom. The molecule has 0 atom stereocenters. The van der Waals surface area contributed by atoms with Gasteiger partial charge in [0.2, 0.25) is 5.91 Å². The van der Waals surface area contributed by atoms with Gasteiger partial charge in [-0.25, -0.2) is 4.39 Å². The summed E-state index contributed by atoms with van der Waals surface area (Å²) in [7, 11) is 0. The van der Waals surface area contributed by atoms with E-state index in [9.17, 15) is 22.4 Å². The number of nitrogens with zero attached hydrogens (tertiary/aromatic N) is 1. The summed E-state index contributed by atoms with van der Waals surface area (Å²) in [6.45, 7) is 1.98. The zero-order valence-corrected chi connectivity index (χ0v) is 18.1. The summed E-state index contributed by atoms with van der Waals surface area (Å²) in [5.41, 5.74) is 7.14. The van der Waals surface area contributed by atoms with E-state index >= 15 is 0 Å². The van der Waals surface area contributed by atoms with Crippen LogP contribution >= 0.6 is 0 Å². The van der Waals surface area contributed by atoms with Crippen molar-refractivity contribution in [2.75, 3.05) is 0 Å². The van der Waals surface area contributed by atoms with E-state index in [1.54, 1.807) is 22.8 Å². The minimum atomic E-state index is -4.58. The summed E-state index contributed by atoms with van der Waals surface area (Å²) >= 11 is 0. The van der Waals surface area contributed by atoms with Crippen LogP contribution in [0.3, 0.4) is 0 Å². The number of primary amides is 1. The molecule has 0 saturated carbocycles. The molecule has 33 heavy (non-hydrogen) atoms. The topological polar surface area (TPSA) is 48.0 Å². The standard InChI is InChI=1S/C26H23F4N2O/c1-2-3-4-6-16-9-11-19-23(13-16)32(22-8-5-7-20(24(19)22)25(31)33)15-17-14-18(26(28,29)30)10-12-21(17)27/h5,7-10,12-14H,2-4,6,15H2,1H3,(H2,31,33). The molecule has 0 saturated heterocycles. The van der Waals surface area contributed by atoms with Crippen molar-refractivity contribution in [3.63, 3.8) is 0 Å². The number of amides is 1. The molecule has 1 aromatic heterocycles. The van der Waals surface area contributed by atoms with Gasteiger partial charge in [0.15, 0.2) is 0 Å². The van der Waals surface area contributed by atoms with Crippen molar-refractivity contribution in [3.05, 3.63) is 82.7 Å². The van der Waals surface area contributed by atoms with Crippen LogP contribution in [0.15, 0.2) is 48.5 Å². The van der Waals surface area contributed by atoms with Crippen molar-refractivity contribution < 1.29 is 22.4 Å². The van der Waals surface area contributed by atoms with E-state index in [1.165, 1.54) is 0 Å². The van der Waals surface area contributed by atoms with Crippen LogP contribution in [0.2, 0.25) is 0 Å². The predicted octanol–water partition coefficient (Wildman–Crippen LogP) is 6.63. The van der Waals surface area contributed by atoms with Crippen molar-refractivity contribution in [2.45, 2.75) is 45.3 Å². The average Bonchev–Trinajstić information content (AvgIpc) is 3.07. The van der Waals surface area contributed by atoms with Crippen LogP contribution in [0.1, 0.15) is 53.2 Å². The number of aryl methyl sites for hydroxylation is 1. The van der Waals surface area contributed by atoms with Crippen LogP contribution in [0.4, 0.5) is 17.6 Å². The van der Waals surface area contributed by atoms with E-state index in [0.717, 1.165) is 49.4 Å². The molecule has 7 heteroatoms. The first-order valence-corrected chi connectivity index (χ1v) is 10.8. The van der Waals surface area contributed by atoms with Gasteiger partial charge in [0.25, 0.3) is 0 Å². The van der Waals surface area contributed by atoms with Crippen molar-refractivity contribution in [3.8, 4) is 0 Å². The fourth-order valence-electron chi connectivity index (χ4n) is 4.24. The van der Waals surface area contributed by atoms with Crippen LogP contribution in [-0.2, 0) is 19.1 Å². The lowest BCUT2D eigenvalue weighted by Gasteiger charge is -2.13. The Balaban J connectivity index is 1.93. The molecule has 3 nitrogen and oxygen atoms in total. The second-order valence-electron chi connectivity index (χ2n) is 8.18. The number of halogens is 4. The number of hydrogen-bond acceptors (Lipinski definition) is 1. The molecule has 171 valence electrons. The number of alkyl halides is 3. The van der Waals surface area contributed by atoms with Crippen LogP contribution in [0.5, 0.6) is 0 Å². The Morgan fingerprint density at radius 2 is 1.88 bits per heavy atom. The number of aromatic nitrogens is 1. The molecular formula is C26H23F4N2O. The maximum atomic E-state index is 14.6. The third-order valence-electron chi connectivity index (χ3n) is 5.89. The van der Waals surface area contributed by atoms with Crippen molar-refractivity contribution >= 4 is 27.7 Å². The summed E-state index contributed by atoms with van der Waals surface area (Å²) in [6.07, 6.45) is -0.624. The fraction of sp³-hybridized carbons (Fsp3) is 0.269. The minimum Gasteiger partial charge on any atom is -0.366 e. The molecule has 0 aliphatic carbocycles. The second kappa shape index (κ2) is 8.89. The zero-order valence-electron chi connectivity index (χ0n) is 18.1. The van der Waals surface area contributed by atoms with E-state index in [2.05, 4.69) is 13.0 Å². The summed E-state index contributed by atoms with van der Waals surface area (Å²) in [5.74, 6) is -1.35. The summed E-state index contributed by atoms with van der Waals surface area (Å²) in [6, 6.07) is 14.5. The molecule has 3 aromatic carbocycles. The molecule has 0 fully saturated rings. The molecule has 2 N–H and O–H groups in total. The van der Waals surface area contributed by atoms with Gasteiger partial charge in [-0.05, 0) is 60.9 Å². The molecule has 1 amide bonds. The Kier molecular flexibility index (Phi) is 6.15. The molecule has 0 spiro atoms. The number of rotatable bonds is 7. The molecule has 1 radical (unpaired) electrons. The number of hydrogen-bond donors (Lipinski definition) is 1. The van der Waals surface area contributed by atoms with E-state index < -0.39 is 23.5 Å². The lowest BCUT2D eigenvalue weighted by atomic mass is 10.0. The highest BCUT2D eigenvalue weighted by molar-refractivity contribution is 6.17. The van der Waals surface area contributed by atoms with Gasteiger partial charge in [0.1, 0.15) is 5.82 Å². The average molecular weight is 455 g/mol. The molecule has 1 heterocycles. The molecular weight excluding hydrogens is 432 g/mol. The minimum absolute atomic E-state index is 0.0931. The highest BCUT2D eigenvalue weighted by atomic mass is 19.4. The number of carbonyl (C=O) groups excluding carboxylic acids is 1. The quantitative estimate of drug-likeness (QED) is 0.247. The highest BCUT2D eigenvalue weighted by Crippen LogP contribution is 2.35. The summed E-state index contributed by atoms with van der Waals surface area (Å²) < 4.78 is 56.0. The van der Waals surface area contributed by atoms with E-state index in [0.29, 0.717) is 21.8 Å². The second-order valence-corrected chi connectivity index (χ2v) is 8.18. The maximum absolute atomic E-state index is 14.6. The Morgan fingerprint density at radius 1 is 1.09 bits per heavy atom. The normalized spacial score (nSPS) is 12.0. The molecule has 0 bridgehead atoms. The largest absolute Gasteiger partial charge is 0.416 e. The SMILES string of the molecule is CCCCCc1c[c]c2c3c(C(N)=O)cccc3n(Cc3cc(C(F)(F)F)ccc3F)c2c1. The molecule has 0 unspecified atom stereocenters. The van der Waals surface area contributed by atoms with Gasteiger partial charge in [0.05, 0.1) is 23.1 Å². The van der Waals surface area contributed by atoms with Gasteiger partial charge < -0.3 is 10.3 Å². The summed E-state index contributed by atoms with van der Waals surface area (Å²) in [4.78, 5) is 12.1. The van der Waals surface area contributed by atoms with Gasteiger partial charge in [-0.1, -0.05) is 31.9 Å². The first-order valence-electron chi connectivity index (χ1n) is 10.8. The molecule has 4 rings (SSSR count). The van der Waals surface area contributed by atoms with Gasteiger partial charge in [0, 0.05) is 21.9 Å². The van der Waals surface area contributed by atoms with Crippen molar-refractivity contribution in [2.24, 2.45) is 5.73 Å². The zero-order chi connectivity index (χ0) is 23.8. The highest BCUT2D eigenvalue weighted by Gasteiger charge is 2.31. The number of unbranched alkanes of at least 4 members (excludes halogenated alkanes) is 2. The lowest BCUT2D eigenvalue weighted by molar-refractivity contribution is -0.137. The smallest absolute Gasteiger partial charge is 0.366 e. The Hall–Kier alpha value is -3.35. The van der Waals surface area contributed by atoms with Crippen LogP contribution in [0, 0.1) is 11.9 Å². The van der Waals surface area contributed by atoms with E-state index in [-0.39, 0.29) is 17.7 Å². The first kappa shape index (κ1) is 22.8. The predicted molar refractivity (Wildman–Crippen MR) is 121 cm³/mol. The maximum Gasteiger partial charge on any atom is 0.416 e. The van der Waals surface area contributed by atoms with Gasteiger partial charge in [-0.3, -0.25) is 4.79 Å². The molecule has 4 aromatic rings. The van der Waals surface area contributed by atoms with E-state index in [1.807, 2.05) is 12.1 Å². The monoisotopic (exact) mass is 455 g/mol. The van der Waals surface area contributed by atoms with Crippen molar-refractivity contribution in [1.29, 1.82) is 0 Å². The van der Waals surface area contributed by atoms with Gasteiger partial charge in [-0.15, -0.1) is 0 Å². The number of fused-ring (bicyclic) bond motifs is 3. The third kappa shape index (κ3) is 4.45. The van der Waals surface area contributed by atoms with Crippen LogP contribution < -0.4 is 5.73 Å². The fourth-order valence-corrected chi connectivity index (χ4v) is 4.24. The Bertz CT molecular complexity index is 1340. The lowest BCUT2D eigenvalue weighted by Crippen LogP contribution is -2.11. The molecule has 0 aliphatic rings. The van der Waals surface area contributed by atoms with Gasteiger partial charge >= 0.3 is 6.18 Å². The first-order chi connectivity index (χ1) is 15.7. The number of nitrogens with two attached hydrogens (primary N) is 1.